The lowest BCUT2D eigenvalue weighted by atomic mass is 9.95. The summed E-state index contributed by atoms with van der Waals surface area (Å²) in [6.45, 7) is -0.160. The normalized spacial score (nSPS) is 16.2. The summed E-state index contributed by atoms with van der Waals surface area (Å²) in [5, 5.41) is 3.74. The average molecular weight is 361 g/mol. The Labute approximate surface area is 148 Å². The summed E-state index contributed by atoms with van der Waals surface area (Å²) in [7, 11) is -3.44. The third kappa shape index (κ3) is 4.35. The highest BCUT2D eigenvalue weighted by atomic mass is 32.2. The van der Waals surface area contributed by atoms with Crippen molar-refractivity contribution in [2.75, 3.05) is 18.1 Å². The van der Waals surface area contributed by atoms with Crippen LogP contribution >= 0.6 is 0 Å². The molecule has 0 radical (unpaired) electrons. The fourth-order valence-electron chi connectivity index (χ4n) is 3.42. The summed E-state index contributed by atoms with van der Waals surface area (Å²) in [5.74, 6) is -0.339. The van der Waals surface area contributed by atoms with Gasteiger partial charge in [-0.05, 0) is 25.0 Å². The molecule has 134 valence electrons. The molecule has 0 saturated heterocycles. The number of nitrogens with zero attached hydrogens (tertiary/aromatic N) is 2. The maximum absolute atomic E-state index is 12.5. The number of amides is 1. The number of carbonyl (C=O) groups is 1. The van der Waals surface area contributed by atoms with Gasteiger partial charge in [-0.15, -0.1) is 0 Å². The van der Waals surface area contributed by atoms with Crippen molar-refractivity contribution in [1.29, 1.82) is 0 Å². The quantitative estimate of drug-likeness (QED) is 0.888. The number of fused-ring (bicyclic) bond motifs is 1. The van der Waals surface area contributed by atoms with E-state index in [1.807, 2.05) is 24.3 Å². The average Bonchev–Trinajstić information content (AvgIpc) is 2.60. The number of para-hydroxylation sites is 1. The van der Waals surface area contributed by atoms with Crippen molar-refractivity contribution in [3.05, 3.63) is 36.5 Å². The van der Waals surface area contributed by atoms with Gasteiger partial charge in [0, 0.05) is 17.6 Å². The maximum Gasteiger partial charge on any atom is 0.239 e. The van der Waals surface area contributed by atoms with Gasteiger partial charge in [0.15, 0.2) is 0 Å². The minimum Gasteiger partial charge on any atom is -0.323 e. The molecule has 0 atom stereocenters. The number of carbonyl (C=O) groups excluding carboxylic acids is 1. The van der Waals surface area contributed by atoms with Crippen molar-refractivity contribution in [2.24, 2.45) is 0 Å². The number of aromatic nitrogens is 1. The van der Waals surface area contributed by atoms with Crippen molar-refractivity contribution in [1.82, 2.24) is 9.29 Å². The molecule has 1 aliphatic rings. The monoisotopic (exact) mass is 361 g/mol. The van der Waals surface area contributed by atoms with Gasteiger partial charge in [-0.25, -0.2) is 8.42 Å². The van der Waals surface area contributed by atoms with Crippen LogP contribution in [0.3, 0.4) is 0 Å². The Balaban J connectivity index is 1.77. The van der Waals surface area contributed by atoms with E-state index in [4.69, 9.17) is 0 Å². The molecule has 1 aromatic heterocycles. The fourth-order valence-corrected chi connectivity index (χ4v) is 4.53. The van der Waals surface area contributed by atoms with Gasteiger partial charge in [-0.1, -0.05) is 37.5 Å². The summed E-state index contributed by atoms with van der Waals surface area (Å²) in [5.41, 5.74) is 1.29. The van der Waals surface area contributed by atoms with Crippen LogP contribution in [0.15, 0.2) is 36.5 Å². The van der Waals surface area contributed by atoms with Gasteiger partial charge in [0.2, 0.25) is 15.9 Å². The highest BCUT2D eigenvalue weighted by Crippen LogP contribution is 2.25. The maximum atomic E-state index is 12.5. The van der Waals surface area contributed by atoms with Crippen molar-refractivity contribution in [3.63, 3.8) is 0 Å². The van der Waals surface area contributed by atoms with Crippen molar-refractivity contribution in [3.8, 4) is 0 Å². The summed E-state index contributed by atoms with van der Waals surface area (Å²) in [4.78, 5) is 16.8. The van der Waals surface area contributed by atoms with Gasteiger partial charge in [0.25, 0.3) is 0 Å². The molecular formula is C18H23N3O3S. The first-order valence-electron chi connectivity index (χ1n) is 8.55. The van der Waals surface area contributed by atoms with E-state index in [-0.39, 0.29) is 18.5 Å². The zero-order chi connectivity index (χ0) is 17.9. The van der Waals surface area contributed by atoms with Gasteiger partial charge < -0.3 is 5.32 Å². The standard InChI is InChI=1S/C18H23N3O3S/c1-25(23,24)21(15-9-3-2-4-10-15)13-17(22)20-16-11-5-7-14-8-6-12-19-18(14)16/h5-8,11-12,15H,2-4,9-10,13H2,1H3,(H,20,22). The van der Waals surface area contributed by atoms with Crippen molar-refractivity contribution in [2.45, 2.75) is 38.1 Å². The van der Waals surface area contributed by atoms with Crippen LogP contribution in [0.4, 0.5) is 5.69 Å². The van der Waals surface area contributed by atoms with Gasteiger partial charge in [0.05, 0.1) is 24.0 Å². The highest BCUT2D eigenvalue weighted by molar-refractivity contribution is 7.88. The fraction of sp³-hybridized carbons (Fsp3) is 0.444. The molecule has 0 unspecified atom stereocenters. The number of rotatable bonds is 5. The summed E-state index contributed by atoms with van der Waals surface area (Å²) >= 11 is 0. The first-order valence-corrected chi connectivity index (χ1v) is 10.4. The summed E-state index contributed by atoms with van der Waals surface area (Å²) in [6, 6.07) is 9.21. The molecule has 1 amide bonds. The number of nitrogens with one attached hydrogen (secondary N) is 1. The molecule has 2 aromatic rings. The van der Waals surface area contributed by atoms with Crippen LogP contribution in [-0.2, 0) is 14.8 Å². The molecule has 1 aliphatic carbocycles. The van der Waals surface area contributed by atoms with Crippen LogP contribution in [-0.4, -0.2) is 42.5 Å². The van der Waals surface area contributed by atoms with E-state index < -0.39 is 10.0 Å². The van der Waals surface area contributed by atoms with Crippen LogP contribution in [0.2, 0.25) is 0 Å². The Hall–Kier alpha value is -1.99. The second-order valence-corrected chi connectivity index (χ2v) is 8.46. The molecule has 1 aromatic carbocycles. The molecule has 1 heterocycles. The Morgan fingerprint density at radius 3 is 2.64 bits per heavy atom. The molecule has 7 heteroatoms. The second kappa shape index (κ2) is 7.49. The molecule has 0 aliphatic heterocycles. The predicted molar refractivity (Wildman–Crippen MR) is 98.8 cm³/mol. The van der Waals surface area contributed by atoms with Crippen molar-refractivity contribution < 1.29 is 13.2 Å². The number of anilines is 1. The molecule has 1 fully saturated rings. The molecule has 0 bridgehead atoms. The summed E-state index contributed by atoms with van der Waals surface area (Å²) < 4.78 is 25.7. The van der Waals surface area contributed by atoms with Crippen LogP contribution in [0.5, 0.6) is 0 Å². The summed E-state index contributed by atoms with van der Waals surface area (Å²) in [6.07, 6.45) is 7.61. The number of sulfonamides is 1. The molecule has 3 rings (SSSR count). The lowest BCUT2D eigenvalue weighted by Gasteiger charge is -2.31. The lowest BCUT2D eigenvalue weighted by Crippen LogP contribution is -2.45. The SMILES string of the molecule is CS(=O)(=O)N(CC(=O)Nc1cccc2cccnc12)C1CCCCC1. The van der Waals surface area contributed by atoms with E-state index in [9.17, 15) is 13.2 Å². The minimum absolute atomic E-state index is 0.0832. The smallest absolute Gasteiger partial charge is 0.239 e. The first kappa shape index (κ1) is 17.8. The largest absolute Gasteiger partial charge is 0.323 e. The predicted octanol–water partition coefficient (Wildman–Crippen LogP) is 2.77. The Bertz CT molecular complexity index is 856. The molecular weight excluding hydrogens is 338 g/mol. The third-order valence-corrected chi connectivity index (χ3v) is 5.89. The van der Waals surface area contributed by atoms with E-state index >= 15 is 0 Å². The second-order valence-electron chi connectivity index (χ2n) is 6.53. The minimum atomic E-state index is -3.44. The van der Waals surface area contributed by atoms with Gasteiger partial charge >= 0.3 is 0 Å². The Morgan fingerprint density at radius 2 is 1.92 bits per heavy atom. The Morgan fingerprint density at radius 1 is 1.20 bits per heavy atom. The van der Waals surface area contributed by atoms with E-state index in [0.717, 1.165) is 37.5 Å². The van der Waals surface area contributed by atoms with Gasteiger partial charge in [0.1, 0.15) is 0 Å². The molecule has 0 spiro atoms. The van der Waals surface area contributed by atoms with E-state index in [1.165, 1.54) is 10.6 Å². The number of hydrogen-bond acceptors (Lipinski definition) is 4. The number of pyridine rings is 1. The highest BCUT2D eigenvalue weighted by Gasteiger charge is 2.29. The van der Waals surface area contributed by atoms with Crippen molar-refractivity contribution >= 4 is 32.5 Å². The van der Waals surface area contributed by atoms with E-state index in [2.05, 4.69) is 10.3 Å². The molecule has 6 nitrogen and oxygen atoms in total. The van der Waals surface area contributed by atoms with Crippen LogP contribution < -0.4 is 5.32 Å². The van der Waals surface area contributed by atoms with Crippen LogP contribution in [0.25, 0.3) is 10.9 Å². The zero-order valence-electron chi connectivity index (χ0n) is 14.3. The third-order valence-electron chi connectivity index (χ3n) is 4.61. The molecule has 1 N–H and O–H groups in total. The Kier molecular flexibility index (Phi) is 5.34. The number of hydrogen-bond donors (Lipinski definition) is 1. The van der Waals surface area contributed by atoms with Crippen LogP contribution in [0, 0.1) is 0 Å². The van der Waals surface area contributed by atoms with Crippen LogP contribution in [0.1, 0.15) is 32.1 Å². The van der Waals surface area contributed by atoms with E-state index in [1.54, 1.807) is 12.3 Å². The van der Waals surface area contributed by atoms with E-state index in [0.29, 0.717) is 11.2 Å². The molecule has 1 saturated carbocycles. The zero-order valence-corrected chi connectivity index (χ0v) is 15.1. The first-order chi connectivity index (χ1) is 11.9. The van der Waals surface area contributed by atoms with Gasteiger partial charge in [-0.3, -0.25) is 9.78 Å². The lowest BCUT2D eigenvalue weighted by molar-refractivity contribution is -0.116. The van der Waals surface area contributed by atoms with Gasteiger partial charge in [-0.2, -0.15) is 4.31 Å². The number of benzene rings is 1. The topological polar surface area (TPSA) is 79.4 Å². The molecule has 25 heavy (non-hydrogen) atoms.